The van der Waals surface area contributed by atoms with E-state index in [0.717, 1.165) is 42.4 Å². The molecule has 0 aromatic heterocycles. The topological polar surface area (TPSA) is 49.4 Å². The van der Waals surface area contributed by atoms with Gasteiger partial charge in [0.15, 0.2) is 0 Å². The van der Waals surface area contributed by atoms with Crippen molar-refractivity contribution in [2.45, 2.75) is 50.6 Å². The summed E-state index contributed by atoms with van der Waals surface area (Å²) in [4.78, 5) is 29.0. The van der Waals surface area contributed by atoms with Crippen molar-refractivity contribution in [2.24, 2.45) is 0 Å². The number of nitrogens with one attached hydrogen (secondary N) is 1. The number of rotatable bonds is 6. The Morgan fingerprint density at radius 1 is 1.06 bits per heavy atom. The van der Waals surface area contributed by atoms with Crippen LogP contribution in [0.1, 0.15) is 49.1 Å². The molecule has 4 rings (SSSR count). The molecule has 5 heteroatoms. The summed E-state index contributed by atoms with van der Waals surface area (Å²) in [5, 5.41) is 3.60. The van der Waals surface area contributed by atoms with Crippen molar-refractivity contribution in [1.82, 2.24) is 10.2 Å². The Labute approximate surface area is 195 Å². The lowest BCUT2D eigenvalue weighted by molar-refractivity contribution is -0.141. The molecule has 1 fully saturated rings. The van der Waals surface area contributed by atoms with Gasteiger partial charge in [-0.25, -0.2) is 0 Å². The van der Waals surface area contributed by atoms with E-state index in [1.54, 1.807) is 4.90 Å². The van der Waals surface area contributed by atoms with Gasteiger partial charge in [-0.15, -0.1) is 0 Å². The van der Waals surface area contributed by atoms with Crippen LogP contribution in [0.3, 0.4) is 0 Å². The normalized spacial score (nSPS) is 19.5. The minimum absolute atomic E-state index is 0.0593. The summed E-state index contributed by atoms with van der Waals surface area (Å²) >= 11 is 6.46. The van der Waals surface area contributed by atoms with Gasteiger partial charge < -0.3 is 10.2 Å². The van der Waals surface area contributed by atoms with Crippen LogP contribution < -0.4 is 5.32 Å². The molecule has 1 aliphatic heterocycles. The maximum absolute atomic E-state index is 14.2. The summed E-state index contributed by atoms with van der Waals surface area (Å²) in [5.74, 6) is -0.592. The van der Waals surface area contributed by atoms with Crippen molar-refractivity contribution in [1.29, 1.82) is 0 Å². The molecule has 2 aromatic carbocycles. The van der Waals surface area contributed by atoms with Crippen molar-refractivity contribution >= 4 is 23.4 Å². The molecule has 2 aromatic rings. The average molecular weight is 449 g/mol. The summed E-state index contributed by atoms with van der Waals surface area (Å²) in [6.07, 6.45) is 10.7. The third-order valence-corrected chi connectivity index (χ3v) is 6.57. The Bertz CT molecular complexity index is 1020. The molecule has 4 nitrogen and oxygen atoms in total. The van der Waals surface area contributed by atoms with Crippen LogP contribution in [0.15, 0.2) is 78.4 Å². The monoisotopic (exact) mass is 448 g/mol. The quantitative estimate of drug-likeness (QED) is 0.643. The predicted octanol–water partition coefficient (Wildman–Crippen LogP) is 5.40. The molecule has 2 aliphatic rings. The summed E-state index contributed by atoms with van der Waals surface area (Å²) < 4.78 is 0. The Hall–Kier alpha value is -2.85. The van der Waals surface area contributed by atoms with Gasteiger partial charge in [-0.1, -0.05) is 78.4 Å². The number of halogens is 1. The third-order valence-electron chi connectivity index (χ3n) is 6.20. The van der Waals surface area contributed by atoms with Crippen molar-refractivity contribution in [3.8, 4) is 0 Å². The molecule has 1 heterocycles. The smallest absolute Gasteiger partial charge is 0.242 e. The second-order valence-electron chi connectivity index (χ2n) is 8.39. The molecule has 0 radical (unpaired) electrons. The van der Waals surface area contributed by atoms with Gasteiger partial charge in [0.1, 0.15) is 6.04 Å². The van der Waals surface area contributed by atoms with Crippen molar-refractivity contribution < 1.29 is 9.59 Å². The highest BCUT2D eigenvalue weighted by molar-refractivity contribution is 6.31. The molecule has 2 amide bonds. The van der Waals surface area contributed by atoms with Gasteiger partial charge in [-0.2, -0.15) is 0 Å². The van der Waals surface area contributed by atoms with Crippen LogP contribution in [0.2, 0.25) is 5.02 Å². The maximum Gasteiger partial charge on any atom is 0.242 e. The minimum atomic E-state index is -0.513. The molecular weight excluding hydrogens is 420 g/mol. The van der Waals surface area contributed by atoms with E-state index in [4.69, 9.17) is 11.6 Å². The first-order valence-electron chi connectivity index (χ1n) is 11.4. The van der Waals surface area contributed by atoms with Gasteiger partial charge in [0.25, 0.3) is 0 Å². The molecule has 166 valence electrons. The van der Waals surface area contributed by atoms with Crippen LogP contribution in [0, 0.1) is 0 Å². The minimum Gasteiger partial charge on any atom is -0.354 e. The van der Waals surface area contributed by atoms with Gasteiger partial charge in [0.2, 0.25) is 11.8 Å². The molecule has 1 aliphatic carbocycles. The number of hydrogen-bond acceptors (Lipinski definition) is 2. The van der Waals surface area contributed by atoms with Gasteiger partial charge in [0.05, 0.1) is 5.92 Å². The van der Waals surface area contributed by atoms with Crippen molar-refractivity contribution in [3.05, 3.63) is 94.5 Å². The molecule has 32 heavy (non-hydrogen) atoms. The molecule has 2 atom stereocenters. The van der Waals surface area contributed by atoms with Crippen LogP contribution >= 0.6 is 11.6 Å². The molecule has 2 unspecified atom stereocenters. The SMILES string of the molecule is O=C1NCCCCC1N(Cc1ccccc1Cl)C(=O)C(C1=CCCC=C1)c1ccccc1. The van der Waals surface area contributed by atoms with Crippen LogP contribution in [0.5, 0.6) is 0 Å². The lowest BCUT2D eigenvalue weighted by atomic mass is 9.86. The number of nitrogens with zero attached hydrogens (tertiary/aromatic N) is 1. The highest BCUT2D eigenvalue weighted by atomic mass is 35.5. The van der Waals surface area contributed by atoms with Crippen molar-refractivity contribution in [2.75, 3.05) is 6.54 Å². The molecule has 0 saturated carbocycles. The zero-order valence-electron chi connectivity index (χ0n) is 18.2. The number of hydrogen-bond donors (Lipinski definition) is 1. The number of amides is 2. The molecular formula is C27H29ClN2O2. The van der Waals surface area contributed by atoms with Crippen LogP contribution in [0.4, 0.5) is 0 Å². The number of carbonyl (C=O) groups excluding carboxylic acids is 2. The molecule has 0 bridgehead atoms. The zero-order chi connectivity index (χ0) is 22.3. The molecule has 1 saturated heterocycles. The van der Waals surface area contributed by atoms with Gasteiger partial charge in [-0.3, -0.25) is 9.59 Å². The van der Waals surface area contributed by atoms with E-state index >= 15 is 0 Å². The summed E-state index contributed by atoms with van der Waals surface area (Å²) in [7, 11) is 0. The predicted molar refractivity (Wildman–Crippen MR) is 128 cm³/mol. The summed E-state index contributed by atoms with van der Waals surface area (Å²) in [6, 6.07) is 16.9. The van der Waals surface area contributed by atoms with E-state index in [2.05, 4.69) is 23.5 Å². The molecule has 1 N–H and O–H groups in total. The van der Waals surface area contributed by atoms with E-state index in [1.807, 2.05) is 54.6 Å². The van der Waals surface area contributed by atoms with Gasteiger partial charge in [-0.05, 0) is 54.9 Å². The lowest BCUT2D eigenvalue weighted by Gasteiger charge is -2.34. The Morgan fingerprint density at radius 2 is 1.84 bits per heavy atom. The third kappa shape index (κ3) is 5.13. The van der Waals surface area contributed by atoms with E-state index in [1.165, 1.54) is 0 Å². The lowest BCUT2D eigenvalue weighted by Crippen LogP contribution is -2.50. The fourth-order valence-corrected chi connectivity index (χ4v) is 4.70. The Kier molecular flexibility index (Phi) is 7.43. The van der Waals surface area contributed by atoms with Gasteiger partial charge >= 0.3 is 0 Å². The van der Waals surface area contributed by atoms with Crippen LogP contribution in [0.25, 0.3) is 0 Å². The highest BCUT2D eigenvalue weighted by Crippen LogP contribution is 2.33. The fourth-order valence-electron chi connectivity index (χ4n) is 4.51. The van der Waals surface area contributed by atoms with E-state index < -0.39 is 12.0 Å². The first-order valence-corrected chi connectivity index (χ1v) is 11.8. The number of allylic oxidation sites excluding steroid dienone is 3. The Balaban J connectivity index is 1.75. The second kappa shape index (κ2) is 10.6. The maximum atomic E-state index is 14.2. The second-order valence-corrected chi connectivity index (χ2v) is 8.79. The van der Waals surface area contributed by atoms with E-state index in [0.29, 0.717) is 24.5 Å². The number of benzene rings is 2. The van der Waals surface area contributed by atoms with Crippen molar-refractivity contribution in [3.63, 3.8) is 0 Å². The Morgan fingerprint density at radius 3 is 2.59 bits per heavy atom. The van der Waals surface area contributed by atoms with Crippen LogP contribution in [-0.4, -0.2) is 29.3 Å². The largest absolute Gasteiger partial charge is 0.354 e. The van der Waals surface area contributed by atoms with E-state index in [-0.39, 0.29) is 11.8 Å². The average Bonchev–Trinajstić information content (AvgIpc) is 3.04. The molecule has 0 spiro atoms. The fraction of sp³-hybridized carbons (Fsp3) is 0.333. The standard InChI is InChI=1S/C27H29ClN2O2/c28-23-16-8-7-15-22(23)19-30(24-17-9-10-18-29-26(24)31)27(32)25(20-11-3-1-4-12-20)21-13-5-2-6-14-21/h1,3-5,7-8,11-16,24-25H,2,6,9-10,17-19H2,(H,29,31). The van der Waals surface area contributed by atoms with Gasteiger partial charge in [0, 0.05) is 18.1 Å². The summed E-state index contributed by atoms with van der Waals surface area (Å²) in [5.41, 5.74) is 2.78. The summed E-state index contributed by atoms with van der Waals surface area (Å²) in [6.45, 7) is 0.955. The first-order chi connectivity index (χ1) is 15.6. The van der Waals surface area contributed by atoms with Crippen LogP contribution in [-0.2, 0) is 16.1 Å². The first kappa shape index (κ1) is 22.3. The zero-order valence-corrected chi connectivity index (χ0v) is 18.9. The highest BCUT2D eigenvalue weighted by Gasteiger charge is 2.36. The number of carbonyl (C=O) groups is 2. The van der Waals surface area contributed by atoms with E-state index in [9.17, 15) is 9.59 Å².